The molecule has 3 nitrogen and oxygen atoms in total. The SMILES string of the molecule is CN1C[C@@H]2C[C@@H](c3cccc(C(F)(F)F)c3)N3CCC[C@@]23C1=O. The summed E-state index contributed by atoms with van der Waals surface area (Å²) < 4.78 is 39.0. The van der Waals surface area contributed by atoms with Crippen molar-refractivity contribution in [3.63, 3.8) is 0 Å². The lowest BCUT2D eigenvalue weighted by atomic mass is 9.85. The summed E-state index contributed by atoms with van der Waals surface area (Å²) in [6, 6.07) is 5.52. The van der Waals surface area contributed by atoms with E-state index < -0.39 is 17.3 Å². The number of nitrogens with zero attached hydrogens (tertiary/aromatic N) is 2. The number of likely N-dealkylation sites (N-methyl/N-ethyl adjacent to an activating group) is 1. The molecule has 124 valence electrons. The Labute approximate surface area is 133 Å². The van der Waals surface area contributed by atoms with Gasteiger partial charge in [-0.3, -0.25) is 9.69 Å². The van der Waals surface area contributed by atoms with E-state index in [2.05, 4.69) is 4.90 Å². The minimum absolute atomic E-state index is 0.0811. The van der Waals surface area contributed by atoms with Crippen LogP contribution in [-0.4, -0.2) is 41.4 Å². The lowest BCUT2D eigenvalue weighted by Crippen LogP contribution is -2.49. The molecule has 1 aromatic carbocycles. The summed E-state index contributed by atoms with van der Waals surface area (Å²) in [5.74, 6) is 0.372. The fourth-order valence-electron chi connectivity index (χ4n) is 4.94. The number of benzene rings is 1. The third kappa shape index (κ3) is 1.97. The van der Waals surface area contributed by atoms with Crippen molar-refractivity contribution in [3.8, 4) is 0 Å². The summed E-state index contributed by atoms with van der Waals surface area (Å²) in [5.41, 5.74) is -0.386. The van der Waals surface area contributed by atoms with Gasteiger partial charge in [0.05, 0.1) is 5.56 Å². The average molecular weight is 324 g/mol. The maximum absolute atomic E-state index is 13.0. The third-order valence-corrected chi connectivity index (χ3v) is 5.84. The summed E-state index contributed by atoms with van der Waals surface area (Å²) in [4.78, 5) is 16.7. The Hall–Kier alpha value is -1.56. The van der Waals surface area contributed by atoms with Crippen molar-refractivity contribution in [2.45, 2.75) is 37.0 Å². The van der Waals surface area contributed by atoms with Crippen LogP contribution in [0.15, 0.2) is 24.3 Å². The number of carbonyl (C=O) groups excluding carboxylic acids is 1. The molecule has 1 spiro atoms. The van der Waals surface area contributed by atoms with Crippen molar-refractivity contribution in [2.75, 3.05) is 20.1 Å². The van der Waals surface area contributed by atoms with E-state index in [0.717, 1.165) is 31.9 Å². The van der Waals surface area contributed by atoms with Crippen molar-refractivity contribution in [2.24, 2.45) is 5.92 Å². The highest BCUT2D eigenvalue weighted by atomic mass is 19.4. The highest BCUT2D eigenvalue weighted by Crippen LogP contribution is 2.55. The monoisotopic (exact) mass is 324 g/mol. The zero-order chi connectivity index (χ0) is 16.4. The Balaban J connectivity index is 1.72. The van der Waals surface area contributed by atoms with Gasteiger partial charge in [-0.05, 0) is 43.5 Å². The molecule has 3 heterocycles. The van der Waals surface area contributed by atoms with Crippen molar-refractivity contribution >= 4 is 5.91 Å². The molecule has 3 saturated heterocycles. The fraction of sp³-hybridized carbons (Fsp3) is 0.588. The summed E-state index contributed by atoms with van der Waals surface area (Å²) in [7, 11) is 1.82. The fourth-order valence-corrected chi connectivity index (χ4v) is 4.94. The van der Waals surface area contributed by atoms with Gasteiger partial charge in [0.1, 0.15) is 5.54 Å². The first-order chi connectivity index (χ1) is 10.8. The average Bonchev–Trinajstić information content (AvgIpc) is 3.11. The predicted octanol–water partition coefficient (Wildman–Crippen LogP) is 3.07. The second kappa shape index (κ2) is 4.72. The van der Waals surface area contributed by atoms with Gasteiger partial charge in [-0.25, -0.2) is 0 Å². The summed E-state index contributed by atoms with van der Waals surface area (Å²) in [5, 5.41) is 0. The van der Waals surface area contributed by atoms with Crippen molar-refractivity contribution in [1.82, 2.24) is 9.80 Å². The van der Waals surface area contributed by atoms with Gasteiger partial charge in [0.15, 0.2) is 0 Å². The van der Waals surface area contributed by atoms with Gasteiger partial charge in [0, 0.05) is 25.6 Å². The zero-order valence-corrected chi connectivity index (χ0v) is 12.9. The Morgan fingerprint density at radius 2 is 2.09 bits per heavy atom. The van der Waals surface area contributed by atoms with Crippen LogP contribution in [0.1, 0.15) is 36.4 Å². The second-order valence-electron chi connectivity index (χ2n) is 6.98. The lowest BCUT2D eigenvalue weighted by Gasteiger charge is -2.33. The minimum atomic E-state index is -4.33. The van der Waals surface area contributed by atoms with Gasteiger partial charge in [-0.2, -0.15) is 13.2 Å². The number of hydrogen-bond acceptors (Lipinski definition) is 2. The normalized spacial score (nSPS) is 34.1. The molecule has 0 aliphatic carbocycles. The Morgan fingerprint density at radius 1 is 1.30 bits per heavy atom. The molecule has 0 bridgehead atoms. The second-order valence-corrected chi connectivity index (χ2v) is 6.98. The van der Waals surface area contributed by atoms with E-state index >= 15 is 0 Å². The van der Waals surface area contributed by atoms with E-state index in [1.165, 1.54) is 12.1 Å². The maximum Gasteiger partial charge on any atom is 0.416 e. The molecule has 6 heteroatoms. The van der Waals surface area contributed by atoms with Crippen molar-refractivity contribution in [1.29, 1.82) is 0 Å². The third-order valence-electron chi connectivity index (χ3n) is 5.84. The summed E-state index contributed by atoms with van der Waals surface area (Å²) in [6.45, 7) is 1.50. The van der Waals surface area contributed by atoms with E-state index in [1.54, 1.807) is 11.0 Å². The van der Waals surface area contributed by atoms with Gasteiger partial charge in [-0.15, -0.1) is 0 Å². The van der Waals surface area contributed by atoms with Crippen LogP contribution in [0, 0.1) is 5.92 Å². The maximum atomic E-state index is 13.0. The largest absolute Gasteiger partial charge is 0.416 e. The van der Waals surface area contributed by atoms with Crippen LogP contribution in [0.3, 0.4) is 0 Å². The standard InChI is InChI=1S/C17H19F3N2O/c1-21-10-13-9-14(22-7-3-6-16(13,22)15(21)23)11-4-2-5-12(8-11)17(18,19)20/h2,4-5,8,13-14H,3,6-7,9-10H2,1H3/t13-,14-,16-/m0/s1. The first-order valence-electron chi connectivity index (χ1n) is 8.03. The molecular weight excluding hydrogens is 305 g/mol. The molecule has 0 N–H and O–H groups in total. The molecular formula is C17H19F3N2O. The van der Waals surface area contributed by atoms with Gasteiger partial charge in [0.25, 0.3) is 0 Å². The van der Waals surface area contributed by atoms with Crippen LogP contribution in [-0.2, 0) is 11.0 Å². The van der Waals surface area contributed by atoms with Crippen LogP contribution in [0.25, 0.3) is 0 Å². The quantitative estimate of drug-likeness (QED) is 0.793. The van der Waals surface area contributed by atoms with E-state index in [4.69, 9.17) is 0 Å². The molecule has 1 amide bonds. The zero-order valence-electron chi connectivity index (χ0n) is 12.9. The van der Waals surface area contributed by atoms with Crippen LogP contribution >= 0.6 is 0 Å². The molecule has 3 aliphatic rings. The van der Waals surface area contributed by atoms with Crippen molar-refractivity contribution in [3.05, 3.63) is 35.4 Å². The molecule has 4 rings (SSSR count). The topological polar surface area (TPSA) is 23.6 Å². The number of carbonyl (C=O) groups is 1. The number of alkyl halides is 3. The van der Waals surface area contributed by atoms with Crippen LogP contribution in [0.2, 0.25) is 0 Å². The van der Waals surface area contributed by atoms with Gasteiger partial charge >= 0.3 is 6.18 Å². The smallest absolute Gasteiger partial charge is 0.344 e. The molecule has 3 fully saturated rings. The van der Waals surface area contributed by atoms with E-state index in [9.17, 15) is 18.0 Å². The van der Waals surface area contributed by atoms with Gasteiger partial charge in [-0.1, -0.05) is 12.1 Å². The molecule has 0 radical (unpaired) electrons. The number of halogens is 3. The predicted molar refractivity (Wildman–Crippen MR) is 78.6 cm³/mol. The van der Waals surface area contributed by atoms with Crippen molar-refractivity contribution < 1.29 is 18.0 Å². The summed E-state index contributed by atoms with van der Waals surface area (Å²) in [6.07, 6.45) is -1.80. The highest BCUT2D eigenvalue weighted by Gasteiger charge is 2.64. The number of rotatable bonds is 1. The Bertz CT molecular complexity index is 659. The Kier molecular flexibility index (Phi) is 3.08. The molecule has 3 aliphatic heterocycles. The van der Waals surface area contributed by atoms with Crippen LogP contribution < -0.4 is 0 Å². The molecule has 0 saturated carbocycles. The molecule has 1 aromatic rings. The number of likely N-dealkylation sites (tertiary alicyclic amines) is 1. The first kappa shape index (κ1) is 15.0. The lowest BCUT2D eigenvalue weighted by molar-refractivity contribution is -0.138. The number of hydrogen-bond donors (Lipinski definition) is 0. The summed E-state index contributed by atoms with van der Waals surface area (Å²) >= 11 is 0. The van der Waals surface area contributed by atoms with E-state index in [0.29, 0.717) is 12.1 Å². The van der Waals surface area contributed by atoms with E-state index in [1.807, 2.05) is 7.05 Å². The Morgan fingerprint density at radius 3 is 2.83 bits per heavy atom. The molecule has 3 atom stereocenters. The van der Waals surface area contributed by atoms with Gasteiger partial charge in [0.2, 0.25) is 5.91 Å². The molecule has 0 unspecified atom stereocenters. The number of amides is 1. The minimum Gasteiger partial charge on any atom is -0.344 e. The van der Waals surface area contributed by atoms with E-state index in [-0.39, 0.29) is 17.9 Å². The van der Waals surface area contributed by atoms with Crippen LogP contribution in [0.4, 0.5) is 13.2 Å². The first-order valence-corrected chi connectivity index (χ1v) is 8.03. The molecule has 0 aromatic heterocycles. The highest BCUT2D eigenvalue weighted by molar-refractivity contribution is 5.90. The molecule has 23 heavy (non-hydrogen) atoms. The van der Waals surface area contributed by atoms with Gasteiger partial charge < -0.3 is 4.90 Å². The van der Waals surface area contributed by atoms with Crippen LogP contribution in [0.5, 0.6) is 0 Å².